The zero-order valence-corrected chi connectivity index (χ0v) is 16.8. The lowest BCUT2D eigenvalue weighted by molar-refractivity contribution is -0.134. The number of rotatable bonds is 2. The lowest BCUT2D eigenvalue weighted by Gasteiger charge is -2.46. The Kier molecular flexibility index (Phi) is 3.86. The maximum absolute atomic E-state index is 13.1. The molecular weight excluding hydrogens is 376 g/mol. The van der Waals surface area contributed by atoms with Gasteiger partial charge < -0.3 is 14.4 Å². The molecule has 3 aliphatic heterocycles. The summed E-state index contributed by atoms with van der Waals surface area (Å²) in [5, 5.41) is 5.23. The van der Waals surface area contributed by atoms with E-state index >= 15 is 0 Å². The molecule has 0 unspecified atom stereocenters. The second-order valence-corrected chi connectivity index (χ2v) is 9.05. The molecule has 10 heteroatoms. The van der Waals surface area contributed by atoms with E-state index in [1.54, 1.807) is 22.2 Å². The quantitative estimate of drug-likeness (QED) is 0.750. The summed E-state index contributed by atoms with van der Waals surface area (Å²) in [6.45, 7) is 8.00. The van der Waals surface area contributed by atoms with Gasteiger partial charge in [0, 0.05) is 25.8 Å². The molecule has 10 nitrogen and oxygen atoms in total. The van der Waals surface area contributed by atoms with Gasteiger partial charge in [-0.1, -0.05) is 0 Å². The number of ether oxygens (including phenoxy) is 2. The van der Waals surface area contributed by atoms with E-state index in [1.807, 2.05) is 25.5 Å². The average Bonchev–Trinajstić information content (AvgIpc) is 3.11. The number of carbonyl (C=O) groups excluding carboxylic acids is 2. The molecule has 0 aliphatic carbocycles. The summed E-state index contributed by atoms with van der Waals surface area (Å²) in [7, 11) is 0. The molecule has 0 N–H and O–H groups in total. The van der Waals surface area contributed by atoms with Crippen molar-refractivity contribution in [2.45, 2.75) is 38.8 Å². The van der Waals surface area contributed by atoms with Crippen LogP contribution in [0.25, 0.3) is 11.0 Å². The van der Waals surface area contributed by atoms with Gasteiger partial charge in [0.25, 0.3) is 0 Å². The first kappa shape index (κ1) is 18.3. The van der Waals surface area contributed by atoms with Crippen LogP contribution in [0.15, 0.2) is 12.4 Å². The van der Waals surface area contributed by atoms with Crippen molar-refractivity contribution in [1.82, 2.24) is 24.6 Å². The van der Waals surface area contributed by atoms with Crippen molar-refractivity contribution in [1.29, 1.82) is 0 Å². The summed E-state index contributed by atoms with van der Waals surface area (Å²) < 4.78 is 12.5. The van der Waals surface area contributed by atoms with Gasteiger partial charge in [-0.25, -0.2) is 14.5 Å². The van der Waals surface area contributed by atoms with Crippen molar-refractivity contribution in [3.63, 3.8) is 0 Å². The fourth-order valence-electron chi connectivity index (χ4n) is 4.03. The molecule has 154 valence electrons. The van der Waals surface area contributed by atoms with E-state index in [4.69, 9.17) is 9.47 Å². The van der Waals surface area contributed by atoms with Gasteiger partial charge in [-0.05, 0) is 27.2 Å². The third-order valence-electron chi connectivity index (χ3n) is 5.68. The minimum atomic E-state index is -0.558. The number of carbonyl (C=O) groups is 2. The van der Waals surface area contributed by atoms with Gasteiger partial charge in [0.1, 0.15) is 11.6 Å². The van der Waals surface area contributed by atoms with Crippen molar-refractivity contribution < 1.29 is 19.1 Å². The predicted octanol–water partition coefficient (Wildman–Crippen LogP) is 1.37. The van der Waals surface area contributed by atoms with Crippen molar-refractivity contribution in [2.75, 3.05) is 37.7 Å². The van der Waals surface area contributed by atoms with Crippen LogP contribution in [-0.4, -0.2) is 75.1 Å². The SMILES string of the molecule is CC(C)(C)OC(=O)N1CC2(CCN(c3ncc4cnn(C5COC5)c4n3)C2=O)C1. The van der Waals surface area contributed by atoms with E-state index in [-0.39, 0.29) is 18.0 Å². The molecule has 1 spiro atoms. The van der Waals surface area contributed by atoms with Crippen molar-refractivity contribution in [3.8, 4) is 0 Å². The molecule has 2 amide bonds. The first-order valence-electron chi connectivity index (χ1n) is 9.84. The molecule has 0 saturated carbocycles. The fraction of sp³-hybridized carbons (Fsp3) is 0.632. The van der Waals surface area contributed by atoms with Crippen molar-refractivity contribution in [3.05, 3.63) is 12.4 Å². The highest BCUT2D eigenvalue weighted by Gasteiger charge is 2.57. The highest BCUT2D eigenvalue weighted by Crippen LogP contribution is 2.42. The Morgan fingerprint density at radius 1 is 1.28 bits per heavy atom. The maximum Gasteiger partial charge on any atom is 0.410 e. The Labute approximate surface area is 167 Å². The Hall–Kier alpha value is -2.75. The number of aromatic nitrogens is 4. The number of nitrogens with zero attached hydrogens (tertiary/aromatic N) is 6. The van der Waals surface area contributed by atoms with E-state index in [0.717, 1.165) is 5.39 Å². The largest absolute Gasteiger partial charge is 0.444 e. The smallest absolute Gasteiger partial charge is 0.410 e. The summed E-state index contributed by atoms with van der Waals surface area (Å²) in [5.41, 5.74) is -0.401. The summed E-state index contributed by atoms with van der Waals surface area (Å²) in [6, 6.07) is 0.171. The summed E-state index contributed by atoms with van der Waals surface area (Å²) in [6.07, 6.45) is 3.73. The molecule has 0 atom stereocenters. The van der Waals surface area contributed by atoms with Gasteiger partial charge in [-0.15, -0.1) is 0 Å². The molecule has 0 aromatic carbocycles. The van der Waals surface area contributed by atoms with Gasteiger partial charge in [0.2, 0.25) is 11.9 Å². The molecule has 2 aromatic heterocycles. The predicted molar refractivity (Wildman–Crippen MR) is 102 cm³/mol. The molecule has 3 saturated heterocycles. The van der Waals surface area contributed by atoms with Gasteiger partial charge in [-0.3, -0.25) is 9.69 Å². The molecule has 0 radical (unpaired) electrons. The fourth-order valence-corrected chi connectivity index (χ4v) is 4.03. The van der Waals surface area contributed by atoms with Crippen LogP contribution in [0.3, 0.4) is 0 Å². The Balaban J connectivity index is 1.32. The minimum Gasteiger partial charge on any atom is -0.444 e. The lowest BCUT2D eigenvalue weighted by Crippen LogP contribution is -2.62. The minimum absolute atomic E-state index is 0.0327. The van der Waals surface area contributed by atoms with Crippen LogP contribution in [0.4, 0.5) is 10.7 Å². The maximum atomic E-state index is 13.1. The number of fused-ring (bicyclic) bond motifs is 1. The van der Waals surface area contributed by atoms with Gasteiger partial charge in [0.05, 0.1) is 30.2 Å². The zero-order chi connectivity index (χ0) is 20.4. The third-order valence-corrected chi connectivity index (χ3v) is 5.68. The van der Waals surface area contributed by atoms with E-state index in [9.17, 15) is 9.59 Å². The molecule has 0 bridgehead atoms. The van der Waals surface area contributed by atoms with Gasteiger partial charge >= 0.3 is 6.09 Å². The van der Waals surface area contributed by atoms with Gasteiger partial charge in [-0.2, -0.15) is 10.1 Å². The highest BCUT2D eigenvalue weighted by atomic mass is 16.6. The number of amides is 2. The third kappa shape index (κ3) is 2.93. The van der Waals surface area contributed by atoms with E-state index in [0.29, 0.717) is 50.9 Å². The summed E-state index contributed by atoms with van der Waals surface area (Å²) in [5.74, 6) is 0.354. The van der Waals surface area contributed by atoms with Gasteiger partial charge in [0.15, 0.2) is 5.65 Å². The zero-order valence-electron chi connectivity index (χ0n) is 16.8. The normalized spacial score (nSPS) is 21.6. The second kappa shape index (κ2) is 6.12. The highest BCUT2D eigenvalue weighted by molar-refractivity contribution is 6.00. The molecular formula is C19H24N6O4. The molecule has 2 aromatic rings. The number of hydrogen-bond acceptors (Lipinski definition) is 7. The number of likely N-dealkylation sites (tertiary alicyclic amines) is 1. The Bertz CT molecular complexity index is 986. The average molecular weight is 400 g/mol. The van der Waals surface area contributed by atoms with Crippen LogP contribution in [0.2, 0.25) is 0 Å². The van der Waals surface area contributed by atoms with E-state index < -0.39 is 11.0 Å². The van der Waals surface area contributed by atoms with Crippen LogP contribution in [0.1, 0.15) is 33.2 Å². The first-order valence-corrected chi connectivity index (χ1v) is 9.84. The summed E-state index contributed by atoms with van der Waals surface area (Å²) >= 11 is 0. The number of anilines is 1. The van der Waals surface area contributed by atoms with Crippen molar-refractivity contribution >= 4 is 29.0 Å². The lowest BCUT2D eigenvalue weighted by atomic mass is 9.78. The molecule has 5 heterocycles. The van der Waals surface area contributed by atoms with E-state index in [2.05, 4.69) is 15.1 Å². The first-order chi connectivity index (χ1) is 13.8. The van der Waals surface area contributed by atoms with Crippen LogP contribution in [0, 0.1) is 5.41 Å². The summed E-state index contributed by atoms with van der Waals surface area (Å²) in [4.78, 5) is 37.6. The van der Waals surface area contributed by atoms with Crippen molar-refractivity contribution in [2.24, 2.45) is 5.41 Å². The standard InChI is InChI=1S/C19H24N6O4/c1-18(2,3)29-17(27)23-10-19(11-23)4-5-24(15(19)26)16-20-6-12-7-21-25(14(12)22-16)13-8-28-9-13/h6-7,13H,4-5,8-11H2,1-3H3. The Morgan fingerprint density at radius 3 is 2.69 bits per heavy atom. The molecule has 29 heavy (non-hydrogen) atoms. The number of hydrogen-bond donors (Lipinski definition) is 0. The van der Waals surface area contributed by atoms with Crippen LogP contribution in [0.5, 0.6) is 0 Å². The topological polar surface area (TPSA) is 103 Å². The van der Waals surface area contributed by atoms with Crippen LogP contribution < -0.4 is 4.90 Å². The van der Waals surface area contributed by atoms with Crippen LogP contribution in [-0.2, 0) is 14.3 Å². The molecule has 3 fully saturated rings. The monoisotopic (exact) mass is 400 g/mol. The van der Waals surface area contributed by atoms with E-state index in [1.165, 1.54) is 0 Å². The van der Waals surface area contributed by atoms with Crippen LogP contribution >= 0.6 is 0 Å². The Morgan fingerprint density at radius 2 is 2.03 bits per heavy atom. The molecule has 3 aliphatic rings. The molecule has 5 rings (SSSR count). The second-order valence-electron chi connectivity index (χ2n) is 9.05.